The number of nitrogens with one attached hydrogen (secondary N) is 1. The van der Waals surface area contributed by atoms with E-state index in [4.69, 9.17) is 4.74 Å². The molecule has 0 atom stereocenters. The number of benzene rings is 2. The van der Waals surface area contributed by atoms with Crippen LogP contribution in [0.5, 0.6) is 11.5 Å². The molecular weight excluding hydrogens is 282 g/mol. The van der Waals surface area contributed by atoms with Gasteiger partial charge in [0.1, 0.15) is 18.0 Å². The number of hydrogen-bond acceptors (Lipinski definition) is 4. The lowest BCUT2D eigenvalue weighted by Gasteiger charge is -2.07. The summed E-state index contributed by atoms with van der Waals surface area (Å²) >= 11 is 0. The highest BCUT2D eigenvalue weighted by Gasteiger charge is 2.25. The van der Waals surface area contributed by atoms with Gasteiger partial charge in [0.25, 0.3) is 0 Å². The van der Waals surface area contributed by atoms with E-state index in [1.54, 1.807) is 6.07 Å². The fraction of sp³-hybridized carbons (Fsp3) is 0.0625. The maximum atomic E-state index is 11.4. The summed E-state index contributed by atoms with van der Waals surface area (Å²) in [6.07, 6.45) is 1.51. The van der Waals surface area contributed by atoms with Gasteiger partial charge in [-0.05, 0) is 29.8 Å². The van der Waals surface area contributed by atoms with Gasteiger partial charge in [0.15, 0.2) is 0 Å². The van der Waals surface area contributed by atoms with E-state index in [9.17, 15) is 9.59 Å². The Bertz CT molecular complexity index is 728. The fourth-order valence-electron chi connectivity index (χ4n) is 1.94. The molecule has 3 rings (SSSR count). The minimum atomic E-state index is -0.516. The number of nitrogens with zero attached hydrogens (tertiary/aromatic N) is 2. The van der Waals surface area contributed by atoms with Crippen LogP contribution in [0.1, 0.15) is 5.56 Å². The molecule has 2 aromatic carbocycles. The maximum absolute atomic E-state index is 11.4. The van der Waals surface area contributed by atoms with E-state index in [1.165, 1.54) is 6.21 Å². The number of rotatable bonds is 4. The molecule has 1 aliphatic heterocycles. The topological polar surface area (TPSA) is 71.0 Å². The van der Waals surface area contributed by atoms with E-state index in [0.717, 1.165) is 16.3 Å². The Labute approximate surface area is 127 Å². The number of imide groups is 1. The van der Waals surface area contributed by atoms with Crippen molar-refractivity contribution >= 4 is 18.2 Å². The standard InChI is InChI=1S/C16H13N3O3/c20-15-11-19(16(21)18-15)17-10-12-5-4-8-14(9-12)22-13-6-2-1-3-7-13/h1-10H,11H2,(H,18,20,21)/b17-10-. The average molecular weight is 295 g/mol. The van der Waals surface area contributed by atoms with Crippen LogP contribution in [0.15, 0.2) is 59.7 Å². The molecule has 22 heavy (non-hydrogen) atoms. The lowest BCUT2D eigenvalue weighted by molar-refractivity contribution is -0.118. The Morgan fingerprint density at radius 1 is 1.05 bits per heavy atom. The largest absolute Gasteiger partial charge is 0.457 e. The second kappa shape index (κ2) is 6.09. The molecule has 6 heteroatoms. The third kappa shape index (κ3) is 3.29. The first-order valence-corrected chi connectivity index (χ1v) is 6.69. The lowest BCUT2D eigenvalue weighted by Crippen LogP contribution is -2.24. The minimum absolute atomic E-state index is 0.0600. The zero-order chi connectivity index (χ0) is 15.4. The first-order chi connectivity index (χ1) is 10.7. The predicted octanol–water partition coefficient (Wildman–Crippen LogP) is 2.36. The highest BCUT2D eigenvalue weighted by Crippen LogP contribution is 2.21. The molecule has 0 spiro atoms. The number of hydrogen-bond donors (Lipinski definition) is 1. The van der Waals surface area contributed by atoms with Crippen molar-refractivity contribution in [3.63, 3.8) is 0 Å². The third-order valence-corrected chi connectivity index (χ3v) is 2.96. The van der Waals surface area contributed by atoms with Crippen molar-refractivity contribution in [3.8, 4) is 11.5 Å². The third-order valence-electron chi connectivity index (χ3n) is 2.96. The van der Waals surface area contributed by atoms with Gasteiger partial charge in [0.2, 0.25) is 5.91 Å². The van der Waals surface area contributed by atoms with Gasteiger partial charge in [-0.25, -0.2) is 9.80 Å². The molecular formula is C16H13N3O3. The number of amides is 3. The van der Waals surface area contributed by atoms with Crippen molar-refractivity contribution in [2.24, 2.45) is 5.10 Å². The van der Waals surface area contributed by atoms with Crippen molar-refractivity contribution in [1.29, 1.82) is 0 Å². The lowest BCUT2D eigenvalue weighted by atomic mass is 10.2. The van der Waals surface area contributed by atoms with E-state index in [-0.39, 0.29) is 12.5 Å². The van der Waals surface area contributed by atoms with Crippen LogP contribution < -0.4 is 10.1 Å². The van der Waals surface area contributed by atoms with Gasteiger partial charge in [0.05, 0.1) is 6.21 Å². The van der Waals surface area contributed by atoms with Crippen LogP contribution in [0, 0.1) is 0 Å². The molecule has 0 saturated carbocycles. The number of carbonyl (C=O) groups is 2. The minimum Gasteiger partial charge on any atom is -0.457 e. The Morgan fingerprint density at radius 2 is 1.82 bits per heavy atom. The fourth-order valence-corrected chi connectivity index (χ4v) is 1.94. The van der Waals surface area contributed by atoms with Crippen LogP contribution in [0.4, 0.5) is 4.79 Å². The van der Waals surface area contributed by atoms with Gasteiger partial charge in [-0.3, -0.25) is 10.1 Å². The van der Waals surface area contributed by atoms with Gasteiger partial charge >= 0.3 is 6.03 Å². The van der Waals surface area contributed by atoms with Gasteiger partial charge in [-0.1, -0.05) is 30.3 Å². The molecule has 1 heterocycles. The predicted molar refractivity (Wildman–Crippen MR) is 80.8 cm³/mol. The Morgan fingerprint density at radius 3 is 2.55 bits per heavy atom. The van der Waals surface area contributed by atoms with E-state index in [2.05, 4.69) is 10.4 Å². The number of ether oxygens (including phenoxy) is 1. The normalized spacial score (nSPS) is 14.5. The summed E-state index contributed by atoms with van der Waals surface area (Å²) in [6.45, 7) is -0.0600. The van der Waals surface area contributed by atoms with E-state index in [0.29, 0.717) is 5.75 Å². The van der Waals surface area contributed by atoms with Gasteiger partial charge in [-0.15, -0.1) is 0 Å². The highest BCUT2D eigenvalue weighted by atomic mass is 16.5. The number of hydrazone groups is 1. The van der Waals surface area contributed by atoms with Crippen LogP contribution in [-0.2, 0) is 4.79 Å². The van der Waals surface area contributed by atoms with Crippen LogP contribution in [0.2, 0.25) is 0 Å². The van der Waals surface area contributed by atoms with E-state index >= 15 is 0 Å². The molecule has 0 aromatic heterocycles. The highest BCUT2D eigenvalue weighted by molar-refractivity contribution is 6.02. The zero-order valence-electron chi connectivity index (χ0n) is 11.6. The Balaban J connectivity index is 1.71. The van der Waals surface area contributed by atoms with E-state index in [1.807, 2.05) is 48.5 Å². The molecule has 2 aromatic rings. The summed E-state index contributed by atoms with van der Waals surface area (Å²) in [5.41, 5.74) is 0.764. The first kappa shape index (κ1) is 13.8. The summed E-state index contributed by atoms with van der Waals surface area (Å²) in [7, 11) is 0. The quantitative estimate of drug-likeness (QED) is 0.695. The zero-order valence-corrected chi connectivity index (χ0v) is 11.6. The molecule has 0 radical (unpaired) electrons. The Hall–Kier alpha value is -3.15. The molecule has 1 aliphatic rings. The molecule has 0 bridgehead atoms. The summed E-state index contributed by atoms with van der Waals surface area (Å²) in [5, 5.41) is 7.23. The Kier molecular flexibility index (Phi) is 3.82. The molecule has 3 amide bonds. The van der Waals surface area contributed by atoms with Crippen LogP contribution in [-0.4, -0.2) is 29.7 Å². The van der Waals surface area contributed by atoms with Crippen LogP contribution >= 0.6 is 0 Å². The summed E-state index contributed by atoms with van der Waals surface area (Å²) in [4.78, 5) is 22.4. The average Bonchev–Trinajstić information content (AvgIpc) is 2.84. The summed E-state index contributed by atoms with van der Waals surface area (Å²) in [5.74, 6) is 1.04. The van der Waals surface area contributed by atoms with Crippen LogP contribution in [0.25, 0.3) is 0 Å². The molecule has 1 N–H and O–H groups in total. The second-order valence-electron chi connectivity index (χ2n) is 4.64. The molecule has 1 fully saturated rings. The molecule has 6 nitrogen and oxygen atoms in total. The molecule has 0 aliphatic carbocycles. The smallest absolute Gasteiger partial charge is 0.344 e. The summed E-state index contributed by atoms with van der Waals surface area (Å²) < 4.78 is 5.72. The van der Waals surface area contributed by atoms with Crippen molar-refractivity contribution in [2.75, 3.05) is 6.54 Å². The van der Waals surface area contributed by atoms with Crippen molar-refractivity contribution in [1.82, 2.24) is 10.3 Å². The number of urea groups is 1. The van der Waals surface area contributed by atoms with Gasteiger partial charge in [0, 0.05) is 0 Å². The summed E-state index contributed by atoms with van der Waals surface area (Å²) in [6, 6.07) is 16.2. The monoisotopic (exact) mass is 295 g/mol. The number of carbonyl (C=O) groups excluding carboxylic acids is 2. The van der Waals surface area contributed by atoms with Crippen LogP contribution in [0.3, 0.4) is 0 Å². The van der Waals surface area contributed by atoms with Gasteiger partial charge in [-0.2, -0.15) is 5.10 Å². The van der Waals surface area contributed by atoms with Crippen molar-refractivity contribution < 1.29 is 14.3 Å². The van der Waals surface area contributed by atoms with Gasteiger partial charge < -0.3 is 4.74 Å². The molecule has 0 unspecified atom stereocenters. The van der Waals surface area contributed by atoms with Crippen molar-refractivity contribution in [2.45, 2.75) is 0 Å². The molecule has 1 saturated heterocycles. The van der Waals surface area contributed by atoms with Crippen molar-refractivity contribution in [3.05, 3.63) is 60.2 Å². The van der Waals surface area contributed by atoms with E-state index < -0.39 is 6.03 Å². The maximum Gasteiger partial charge on any atom is 0.344 e. The first-order valence-electron chi connectivity index (χ1n) is 6.69. The second-order valence-corrected chi connectivity index (χ2v) is 4.64. The molecule has 110 valence electrons. The SMILES string of the molecule is O=C1CN(/N=C\c2cccc(Oc3ccccc3)c2)C(=O)N1. The number of para-hydroxylation sites is 1.